The molecular formula is C24H28FN5O4S. The summed E-state index contributed by atoms with van der Waals surface area (Å²) in [5.74, 6) is -0.582. The van der Waals surface area contributed by atoms with Crippen molar-refractivity contribution in [3.05, 3.63) is 54.0 Å². The Balaban J connectivity index is 1.77. The van der Waals surface area contributed by atoms with Crippen molar-refractivity contribution in [1.29, 1.82) is 0 Å². The van der Waals surface area contributed by atoms with Gasteiger partial charge in [0.2, 0.25) is 0 Å². The second kappa shape index (κ2) is 9.65. The molecule has 1 amide bonds. The standard InChI is InChI=1S/C24H28FN5O4S/c1-14(2)34-19-12-17(11-18(25)13-19)21-8-7-20(23(27-21)30-15(3)5-6-16(30)4)24(31)29-35(32,33)22-9-10-26-28-22/h7-16H,5-6H2,1-4H3,(H,26,28)(H,29,31)/t15-,16+. The zero-order chi connectivity index (χ0) is 25.3. The maximum Gasteiger partial charge on any atom is 0.281 e. The molecule has 11 heteroatoms. The summed E-state index contributed by atoms with van der Waals surface area (Å²) in [6.07, 6.45) is 2.94. The minimum absolute atomic E-state index is 0.0795. The van der Waals surface area contributed by atoms with Crippen molar-refractivity contribution in [2.24, 2.45) is 0 Å². The third-order valence-corrected chi connectivity index (χ3v) is 7.11. The summed E-state index contributed by atoms with van der Waals surface area (Å²) in [7, 11) is -4.15. The van der Waals surface area contributed by atoms with Crippen LogP contribution in [-0.2, 0) is 10.0 Å². The minimum Gasteiger partial charge on any atom is -0.491 e. The van der Waals surface area contributed by atoms with Gasteiger partial charge in [0.15, 0.2) is 5.03 Å². The number of aromatic nitrogens is 3. The molecular weight excluding hydrogens is 473 g/mol. The van der Waals surface area contributed by atoms with Crippen LogP contribution < -0.4 is 14.4 Å². The first kappa shape index (κ1) is 24.6. The first-order valence-corrected chi connectivity index (χ1v) is 12.9. The fourth-order valence-corrected chi connectivity index (χ4v) is 5.15. The molecule has 0 unspecified atom stereocenters. The van der Waals surface area contributed by atoms with E-state index in [4.69, 9.17) is 9.72 Å². The molecule has 2 N–H and O–H groups in total. The number of aromatic amines is 1. The van der Waals surface area contributed by atoms with Gasteiger partial charge in [0.05, 0.1) is 23.6 Å². The summed E-state index contributed by atoms with van der Waals surface area (Å²) in [5, 5.41) is 5.75. The van der Waals surface area contributed by atoms with Gasteiger partial charge in [0.1, 0.15) is 17.4 Å². The minimum atomic E-state index is -4.15. The number of pyridine rings is 1. The fourth-order valence-electron chi connectivity index (χ4n) is 4.27. The van der Waals surface area contributed by atoms with E-state index in [0.717, 1.165) is 12.8 Å². The van der Waals surface area contributed by atoms with E-state index >= 15 is 0 Å². The van der Waals surface area contributed by atoms with E-state index in [1.807, 2.05) is 32.6 Å². The topological polar surface area (TPSA) is 117 Å². The number of hydrogen-bond acceptors (Lipinski definition) is 7. The molecule has 1 saturated heterocycles. The maximum atomic E-state index is 14.4. The molecule has 2 atom stereocenters. The van der Waals surface area contributed by atoms with Gasteiger partial charge in [-0.15, -0.1) is 0 Å². The highest BCUT2D eigenvalue weighted by atomic mass is 32.2. The van der Waals surface area contributed by atoms with E-state index < -0.39 is 21.7 Å². The van der Waals surface area contributed by atoms with E-state index in [1.54, 1.807) is 12.1 Å². The van der Waals surface area contributed by atoms with Crippen LogP contribution >= 0.6 is 0 Å². The van der Waals surface area contributed by atoms with Crippen molar-refractivity contribution >= 4 is 21.7 Å². The van der Waals surface area contributed by atoms with E-state index in [2.05, 4.69) is 14.9 Å². The quantitative estimate of drug-likeness (QED) is 0.504. The lowest BCUT2D eigenvalue weighted by Crippen LogP contribution is -2.37. The summed E-state index contributed by atoms with van der Waals surface area (Å²) in [5.41, 5.74) is 1.03. The van der Waals surface area contributed by atoms with E-state index in [-0.39, 0.29) is 28.8 Å². The van der Waals surface area contributed by atoms with Crippen molar-refractivity contribution in [1.82, 2.24) is 19.9 Å². The highest BCUT2D eigenvalue weighted by molar-refractivity contribution is 7.90. The average molecular weight is 502 g/mol. The number of benzene rings is 1. The number of nitrogens with zero attached hydrogens (tertiary/aromatic N) is 3. The molecule has 3 aromatic rings. The summed E-state index contributed by atoms with van der Waals surface area (Å²) in [4.78, 5) is 19.9. The number of amides is 1. The Bertz CT molecular complexity index is 1320. The van der Waals surface area contributed by atoms with Gasteiger partial charge in [-0.2, -0.15) is 13.5 Å². The summed E-state index contributed by atoms with van der Waals surface area (Å²) >= 11 is 0. The Morgan fingerprint density at radius 1 is 1.17 bits per heavy atom. The molecule has 0 saturated carbocycles. The molecule has 1 aliphatic heterocycles. The molecule has 0 aliphatic carbocycles. The number of carbonyl (C=O) groups excluding carboxylic acids is 1. The molecule has 2 aromatic heterocycles. The number of sulfonamides is 1. The van der Waals surface area contributed by atoms with Crippen LogP contribution in [0.4, 0.5) is 10.2 Å². The first-order valence-electron chi connectivity index (χ1n) is 11.4. The number of hydrogen-bond donors (Lipinski definition) is 2. The number of halogens is 1. The monoisotopic (exact) mass is 501 g/mol. The number of carbonyl (C=O) groups is 1. The SMILES string of the molecule is CC(C)Oc1cc(F)cc(-c2ccc(C(=O)NS(=O)(=O)c3ccn[nH]3)c(N3[C@H](C)CC[C@@H]3C)n2)c1. The van der Waals surface area contributed by atoms with Gasteiger partial charge in [0.25, 0.3) is 15.9 Å². The summed E-state index contributed by atoms with van der Waals surface area (Å²) in [6.45, 7) is 7.75. The van der Waals surface area contributed by atoms with Crippen LogP contribution in [0, 0.1) is 5.82 Å². The van der Waals surface area contributed by atoms with Crippen LogP contribution in [0.5, 0.6) is 5.75 Å². The zero-order valence-electron chi connectivity index (χ0n) is 19.9. The number of anilines is 1. The van der Waals surface area contributed by atoms with Crippen molar-refractivity contribution in [2.45, 2.75) is 63.8 Å². The first-order chi connectivity index (χ1) is 16.5. The number of ether oxygens (including phenoxy) is 1. The van der Waals surface area contributed by atoms with Gasteiger partial charge < -0.3 is 9.64 Å². The van der Waals surface area contributed by atoms with E-state index in [1.165, 1.54) is 30.5 Å². The third-order valence-electron chi connectivity index (χ3n) is 5.85. The van der Waals surface area contributed by atoms with Gasteiger partial charge in [0, 0.05) is 23.7 Å². The zero-order valence-corrected chi connectivity index (χ0v) is 20.8. The van der Waals surface area contributed by atoms with E-state index in [0.29, 0.717) is 22.8 Å². The largest absolute Gasteiger partial charge is 0.491 e. The Morgan fingerprint density at radius 3 is 2.51 bits per heavy atom. The Kier molecular flexibility index (Phi) is 6.79. The second-order valence-corrected chi connectivity index (χ2v) is 10.6. The Morgan fingerprint density at radius 2 is 1.89 bits per heavy atom. The Hall–Kier alpha value is -3.47. The smallest absolute Gasteiger partial charge is 0.281 e. The number of H-pyrrole nitrogens is 1. The predicted molar refractivity (Wildman–Crippen MR) is 129 cm³/mol. The van der Waals surface area contributed by atoms with Gasteiger partial charge in [-0.05, 0) is 70.9 Å². The van der Waals surface area contributed by atoms with Gasteiger partial charge in [-0.1, -0.05) is 0 Å². The van der Waals surface area contributed by atoms with Crippen molar-refractivity contribution in [3.8, 4) is 17.0 Å². The molecule has 186 valence electrons. The van der Waals surface area contributed by atoms with Crippen LogP contribution in [0.25, 0.3) is 11.3 Å². The Labute approximate surface area is 203 Å². The molecule has 35 heavy (non-hydrogen) atoms. The molecule has 0 radical (unpaired) electrons. The third kappa shape index (κ3) is 5.29. The molecule has 9 nitrogen and oxygen atoms in total. The maximum absolute atomic E-state index is 14.4. The summed E-state index contributed by atoms with van der Waals surface area (Å²) in [6, 6.07) is 8.83. The average Bonchev–Trinajstić information content (AvgIpc) is 3.43. The van der Waals surface area contributed by atoms with Crippen LogP contribution in [-0.4, -0.2) is 47.7 Å². The van der Waals surface area contributed by atoms with Crippen LogP contribution in [0.3, 0.4) is 0 Å². The van der Waals surface area contributed by atoms with Gasteiger partial charge in [-0.25, -0.2) is 14.1 Å². The molecule has 1 aliphatic rings. The highest BCUT2D eigenvalue weighted by Gasteiger charge is 2.33. The normalized spacial score (nSPS) is 18.2. The summed E-state index contributed by atoms with van der Waals surface area (Å²) < 4.78 is 47.3. The predicted octanol–water partition coefficient (Wildman–Crippen LogP) is 3.89. The van der Waals surface area contributed by atoms with Crippen LogP contribution in [0.2, 0.25) is 0 Å². The van der Waals surface area contributed by atoms with Gasteiger partial charge >= 0.3 is 0 Å². The fraction of sp³-hybridized carbons (Fsp3) is 0.375. The lowest BCUT2D eigenvalue weighted by molar-refractivity contribution is 0.0981. The van der Waals surface area contributed by atoms with Crippen molar-refractivity contribution in [3.63, 3.8) is 0 Å². The van der Waals surface area contributed by atoms with Crippen molar-refractivity contribution in [2.75, 3.05) is 4.90 Å². The molecule has 1 fully saturated rings. The van der Waals surface area contributed by atoms with Crippen LogP contribution in [0.1, 0.15) is 50.9 Å². The molecule has 1 aromatic carbocycles. The highest BCUT2D eigenvalue weighted by Crippen LogP contribution is 2.34. The molecule has 0 spiro atoms. The molecule has 4 rings (SSSR count). The van der Waals surface area contributed by atoms with Gasteiger partial charge in [-0.3, -0.25) is 9.89 Å². The molecule has 0 bridgehead atoms. The van der Waals surface area contributed by atoms with Crippen LogP contribution in [0.15, 0.2) is 47.6 Å². The second-order valence-electron chi connectivity index (χ2n) is 8.95. The number of nitrogens with one attached hydrogen (secondary N) is 2. The van der Waals surface area contributed by atoms with Crippen molar-refractivity contribution < 1.29 is 22.3 Å². The van der Waals surface area contributed by atoms with E-state index in [9.17, 15) is 17.6 Å². The lowest BCUT2D eigenvalue weighted by Gasteiger charge is -2.29. The molecule has 3 heterocycles. The lowest BCUT2D eigenvalue weighted by atomic mass is 10.1. The number of rotatable bonds is 7.